The lowest BCUT2D eigenvalue weighted by atomic mass is 9.77. The smallest absolute Gasteiger partial charge is 0.308 e. The predicted octanol–water partition coefficient (Wildman–Crippen LogP) is 7.46. The van der Waals surface area contributed by atoms with Crippen LogP contribution in [0.5, 0.6) is 11.5 Å². The number of hydrogen-bond donors (Lipinski definition) is 0. The third-order valence-electron chi connectivity index (χ3n) is 6.21. The maximum absolute atomic E-state index is 11.9. The van der Waals surface area contributed by atoms with Crippen LogP contribution < -0.4 is 9.47 Å². The Balaban J connectivity index is 2.12. The molecular formula is C27H36O3. The van der Waals surface area contributed by atoms with Gasteiger partial charge in [0.15, 0.2) is 0 Å². The molecule has 0 saturated carbocycles. The Morgan fingerprint density at radius 3 is 2.50 bits per heavy atom. The molecule has 0 saturated heterocycles. The van der Waals surface area contributed by atoms with Crippen molar-refractivity contribution in [1.82, 2.24) is 0 Å². The summed E-state index contributed by atoms with van der Waals surface area (Å²) in [6, 6.07) is 10.6. The first-order valence-electron chi connectivity index (χ1n) is 11.2. The second-order valence-electron chi connectivity index (χ2n) is 9.80. The maximum atomic E-state index is 11.9. The first kappa shape index (κ1) is 22.4. The molecule has 1 aliphatic rings. The number of hydrogen-bond acceptors (Lipinski definition) is 3. The summed E-state index contributed by atoms with van der Waals surface area (Å²) in [5, 5.41) is 0. The molecule has 0 N–H and O–H groups in total. The number of rotatable bonds is 7. The zero-order valence-corrected chi connectivity index (χ0v) is 19.6. The topological polar surface area (TPSA) is 35.5 Å². The summed E-state index contributed by atoms with van der Waals surface area (Å²) in [4.78, 5) is 11.9. The molecule has 0 aromatic heterocycles. The number of esters is 1. The van der Waals surface area contributed by atoms with E-state index in [0.29, 0.717) is 5.75 Å². The Hall–Kier alpha value is -2.29. The second kappa shape index (κ2) is 8.45. The number of carbonyl (C=O) groups excluding carboxylic acids is 1. The van der Waals surface area contributed by atoms with Gasteiger partial charge in [0.1, 0.15) is 17.1 Å². The van der Waals surface area contributed by atoms with Crippen molar-refractivity contribution in [3.8, 4) is 22.6 Å². The standard InChI is InChI=1S/C27H36O3/c1-8-9-10-11-14-26(4,5)20-16-23(29-19(3)28)25-21-15-18(2)12-13-22(21)27(6,7)30-24(25)17-20/h12-13,15-17H,8-11,14H2,1-7H3. The first-order chi connectivity index (χ1) is 14.0. The Morgan fingerprint density at radius 2 is 1.83 bits per heavy atom. The van der Waals surface area contributed by atoms with Crippen molar-refractivity contribution in [1.29, 1.82) is 0 Å². The SMILES string of the molecule is CCCCCCC(C)(C)c1cc(OC(C)=O)c2c(c1)OC(C)(C)c1ccc(C)cc1-2. The third-order valence-corrected chi connectivity index (χ3v) is 6.21. The van der Waals surface area contributed by atoms with Crippen molar-refractivity contribution < 1.29 is 14.3 Å². The van der Waals surface area contributed by atoms with Gasteiger partial charge in [-0.05, 0) is 55.9 Å². The van der Waals surface area contributed by atoms with E-state index in [-0.39, 0.29) is 11.4 Å². The van der Waals surface area contributed by atoms with Gasteiger partial charge >= 0.3 is 5.97 Å². The molecular weight excluding hydrogens is 372 g/mol. The quantitative estimate of drug-likeness (QED) is 0.271. The highest BCUT2D eigenvalue weighted by Gasteiger charge is 2.36. The molecule has 3 rings (SSSR count). The molecule has 3 nitrogen and oxygen atoms in total. The van der Waals surface area contributed by atoms with E-state index in [9.17, 15) is 4.79 Å². The Morgan fingerprint density at radius 1 is 1.10 bits per heavy atom. The van der Waals surface area contributed by atoms with Crippen LogP contribution in [-0.2, 0) is 15.8 Å². The predicted molar refractivity (Wildman–Crippen MR) is 123 cm³/mol. The number of carbonyl (C=O) groups is 1. The number of aryl methyl sites for hydroxylation is 1. The summed E-state index contributed by atoms with van der Waals surface area (Å²) >= 11 is 0. The lowest BCUT2D eigenvalue weighted by Crippen LogP contribution is -2.30. The molecule has 0 fully saturated rings. The molecule has 2 aromatic rings. The average Bonchev–Trinajstić information content (AvgIpc) is 2.63. The van der Waals surface area contributed by atoms with Crippen LogP contribution in [0.15, 0.2) is 30.3 Å². The van der Waals surface area contributed by atoms with Crippen molar-refractivity contribution in [2.24, 2.45) is 0 Å². The van der Waals surface area contributed by atoms with E-state index in [1.165, 1.54) is 38.2 Å². The number of benzene rings is 2. The summed E-state index contributed by atoms with van der Waals surface area (Å²) in [6.07, 6.45) is 6.03. The van der Waals surface area contributed by atoms with Gasteiger partial charge in [-0.2, -0.15) is 0 Å². The van der Waals surface area contributed by atoms with Gasteiger partial charge in [-0.3, -0.25) is 4.79 Å². The van der Waals surface area contributed by atoms with Crippen LogP contribution >= 0.6 is 0 Å². The molecule has 0 atom stereocenters. The van der Waals surface area contributed by atoms with Crippen molar-refractivity contribution in [3.05, 3.63) is 47.0 Å². The van der Waals surface area contributed by atoms with Crippen molar-refractivity contribution in [3.63, 3.8) is 0 Å². The van der Waals surface area contributed by atoms with Gasteiger partial charge in [-0.1, -0.05) is 70.2 Å². The van der Waals surface area contributed by atoms with Crippen LogP contribution in [0.3, 0.4) is 0 Å². The van der Waals surface area contributed by atoms with Crippen LogP contribution in [0.1, 0.15) is 90.3 Å². The van der Waals surface area contributed by atoms with Crippen molar-refractivity contribution in [2.75, 3.05) is 0 Å². The van der Waals surface area contributed by atoms with E-state index in [1.807, 2.05) is 6.07 Å². The van der Waals surface area contributed by atoms with E-state index in [4.69, 9.17) is 9.47 Å². The van der Waals surface area contributed by atoms with Crippen molar-refractivity contribution in [2.45, 2.75) is 91.6 Å². The number of ether oxygens (including phenoxy) is 2. The van der Waals surface area contributed by atoms with E-state index in [2.05, 4.69) is 65.8 Å². The first-order valence-corrected chi connectivity index (χ1v) is 11.2. The second-order valence-corrected chi connectivity index (χ2v) is 9.80. The average molecular weight is 409 g/mol. The van der Waals surface area contributed by atoms with Crippen LogP contribution in [0, 0.1) is 6.92 Å². The fraction of sp³-hybridized carbons (Fsp3) is 0.519. The summed E-state index contributed by atoms with van der Waals surface area (Å²) in [7, 11) is 0. The summed E-state index contributed by atoms with van der Waals surface area (Å²) in [5.74, 6) is 1.08. The highest BCUT2D eigenvalue weighted by Crippen LogP contribution is 2.51. The lowest BCUT2D eigenvalue weighted by molar-refractivity contribution is -0.131. The number of fused-ring (bicyclic) bond motifs is 3. The normalized spacial score (nSPS) is 14.5. The minimum Gasteiger partial charge on any atom is -0.482 e. The molecule has 162 valence electrons. The summed E-state index contributed by atoms with van der Waals surface area (Å²) < 4.78 is 12.2. The third kappa shape index (κ3) is 4.55. The van der Waals surface area contributed by atoms with Gasteiger partial charge in [0, 0.05) is 12.5 Å². The monoisotopic (exact) mass is 408 g/mol. The molecule has 0 radical (unpaired) electrons. The lowest BCUT2D eigenvalue weighted by Gasteiger charge is -2.37. The molecule has 1 aliphatic heterocycles. The Kier molecular flexibility index (Phi) is 6.31. The van der Waals surface area contributed by atoms with Gasteiger partial charge in [-0.25, -0.2) is 0 Å². The van der Waals surface area contributed by atoms with Crippen molar-refractivity contribution >= 4 is 5.97 Å². The molecule has 30 heavy (non-hydrogen) atoms. The molecule has 1 heterocycles. The minimum atomic E-state index is -0.451. The van der Waals surface area contributed by atoms with E-state index in [1.54, 1.807) is 0 Å². The Bertz CT molecular complexity index is 937. The minimum absolute atomic E-state index is 0.0297. The summed E-state index contributed by atoms with van der Waals surface area (Å²) in [5.41, 5.74) is 4.93. The largest absolute Gasteiger partial charge is 0.482 e. The molecule has 0 spiro atoms. The van der Waals surface area contributed by atoms with Crippen LogP contribution in [0.4, 0.5) is 0 Å². The van der Waals surface area contributed by atoms with Gasteiger partial charge in [0.2, 0.25) is 0 Å². The highest BCUT2D eigenvalue weighted by molar-refractivity contribution is 5.85. The van der Waals surface area contributed by atoms with E-state index in [0.717, 1.165) is 34.4 Å². The van der Waals surface area contributed by atoms with E-state index < -0.39 is 5.60 Å². The molecule has 3 heteroatoms. The summed E-state index contributed by atoms with van der Waals surface area (Å²) in [6.45, 7) is 14.5. The zero-order valence-electron chi connectivity index (χ0n) is 19.6. The molecule has 2 aromatic carbocycles. The van der Waals surface area contributed by atoms with Gasteiger partial charge in [0.25, 0.3) is 0 Å². The van der Waals surface area contributed by atoms with Gasteiger partial charge < -0.3 is 9.47 Å². The van der Waals surface area contributed by atoms with Crippen LogP contribution in [-0.4, -0.2) is 5.97 Å². The molecule has 0 bridgehead atoms. The Labute approximate surface area is 181 Å². The molecule has 0 aliphatic carbocycles. The number of unbranched alkanes of at least 4 members (excludes halogenated alkanes) is 3. The van der Waals surface area contributed by atoms with E-state index >= 15 is 0 Å². The highest BCUT2D eigenvalue weighted by atomic mass is 16.5. The van der Waals surface area contributed by atoms with Gasteiger partial charge in [-0.15, -0.1) is 0 Å². The molecule has 0 amide bonds. The zero-order chi connectivity index (χ0) is 22.1. The fourth-order valence-electron chi connectivity index (χ4n) is 4.42. The van der Waals surface area contributed by atoms with Crippen LogP contribution in [0.2, 0.25) is 0 Å². The van der Waals surface area contributed by atoms with Gasteiger partial charge in [0.05, 0.1) is 5.56 Å². The fourth-order valence-corrected chi connectivity index (χ4v) is 4.42. The maximum Gasteiger partial charge on any atom is 0.308 e. The van der Waals surface area contributed by atoms with Crippen LogP contribution in [0.25, 0.3) is 11.1 Å². The molecule has 0 unspecified atom stereocenters.